The number of aromatic nitrogens is 1. The van der Waals surface area contributed by atoms with E-state index in [1.165, 1.54) is 11.8 Å². The molecule has 0 aliphatic carbocycles. The molecule has 8 heteroatoms. The number of hydrogen-bond donors (Lipinski definition) is 1. The van der Waals surface area contributed by atoms with E-state index in [0.29, 0.717) is 30.5 Å². The van der Waals surface area contributed by atoms with Gasteiger partial charge in [-0.15, -0.1) is 0 Å². The lowest BCUT2D eigenvalue weighted by molar-refractivity contribution is -0.142. The van der Waals surface area contributed by atoms with Crippen LogP contribution in [0, 0.1) is 0 Å². The van der Waals surface area contributed by atoms with Gasteiger partial charge in [-0.1, -0.05) is 61.9 Å². The fourth-order valence-electron chi connectivity index (χ4n) is 4.57. The van der Waals surface area contributed by atoms with Crippen molar-refractivity contribution in [3.8, 4) is 0 Å². The van der Waals surface area contributed by atoms with Crippen molar-refractivity contribution in [1.29, 1.82) is 0 Å². The highest BCUT2D eigenvalue weighted by molar-refractivity contribution is 8.14. The van der Waals surface area contributed by atoms with Crippen molar-refractivity contribution in [2.75, 3.05) is 6.61 Å². The number of hydrogen-bond acceptors (Lipinski definition) is 6. The summed E-state index contributed by atoms with van der Waals surface area (Å²) in [4.78, 5) is 40.7. The maximum absolute atomic E-state index is 13.3. The van der Waals surface area contributed by atoms with Crippen LogP contribution in [0.2, 0.25) is 0 Å². The number of esters is 1. The number of H-pyrrole nitrogens is 1. The zero-order valence-electron chi connectivity index (χ0n) is 19.9. The highest BCUT2D eigenvalue weighted by atomic mass is 32.2. The summed E-state index contributed by atoms with van der Waals surface area (Å²) in [5.74, 6) is 0.160. The number of fused-ring (bicyclic) bond motifs is 4. The summed E-state index contributed by atoms with van der Waals surface area (Å²) < 4.78 is 5.37. The molecule has 2 atom stereocenters. The fourth-order valence-corrected chi connectivity index (χ4v) is 5.75. The number of ether oxygens (including phenoxy) is 1. The van der Waals surface area contributed by atoms with E-state index in [4.69, 9.17) is 9.73 Å². The van der Waals surface area contributed by atoms with Gasteiger partial charge < -0.3 is 9.72 Å². The van der Waals surface area contributed by atoms with Crippen LogP contribution >= 0.6 is 11.8 Å². The van der Waals surface area contributed by atoms with Crippen molar-refractivity contribution in [2.24, 2.45) is 9.98 Å². The van der Waals surface area contributed by atoms with Crippen LogP contribution in [-0.2, 0) is 20.7 Å². The molecule has 1 amide bonds. The lowest BCUT2D eigenvalue weighted by Crippen LogP contribution is -2.45. The minimum absolute atomic E-state index is 0.198. The van der Waals surface area contributed by atoms with Gasteiger partial charge in [0.1, 0.15) is 17.1 Å². The Morgan fingerprint density at radius 1 is 1.14 bits per heavy atom. The first-order chi connectivity index (χ1) is 17.1. The number of amides is 1. The number of nitrogens with zero attached hydrogens (tertiary/aromatic N) is 3. The Balaban J connectivity index is 1.52. The number of benzene rings is 2. The molecule has 0 fully saturated rings. The molecule has 2 aliphatic heterocycles. The van der Waals surface area contributed by atoms with E-state index in [-0.39, 0.29) is 11.9 Å². The monoisotopic (exact) mass is 488 g/mol. The normalized spacial score (nSPS) is 17.6. The molecule has 3 heterocycles. The summed E-state index contributed by atoms with van der Waals surface area (Å²) in [7, 11) is 0. The Morgan fingerprint density at radius 3 is 2.77 bits per heavy atom. The lowest BCUT2D eigenvalue weighted by atomic mass is 10.0. The van der Waals surface area contributed by atoms with E-state index < -0.39 is 11.3 Å². The molecule has 0 saturated carbocycles. The molecule has 0 bridgehead atoms. The van der Waals surface area contributed by atoms with E-state index in [9.17, 15) is 9.59 Å². The average Bonchev–Trinajstić information content (AvgIpc) is 3.43. The van der Waals surface area contributed by atoms with Gasteiger partial charge in [-0.3, -0.25) is 14.5 Å². The summed E-state index contributed by atoms with van der Waals surface area (Å²) in [5.41, 5.74) is 3.66. The second kappa shape index (κ2) is 10.1. The standard InChI is InChI=1S/C27H28N4O3S/c1-3-5-14-23(26(33)34-4-2)35-27-29-21-13-9-7-11-19(21)24-30-25(32)22(31(24)27)15-17-16-28-20-12-8-6-10-18(17)20/h6-13,16,22-23,28H,3-5,14-15H2,1-2H3. The molecule has 2 aromatic carbocycles. The summed E-state index contributed by atoms with van der Waals surface area (Å²) in [6.07, 6.45) is 5.00. The number of aromatic amines is 1. The van der Waals surface area contributed by atoms with E-state index >= 15 is 0 Å². The van der Waals surface area contributed by atoms with Gasteiger partial charge in [0.25, 0.3) is 5.91 Å². The molecular formula is C27H28N4O3S. The Morgan fingerprint density at radius 2 is 1.94 bits per heavy atom. The predicted octanol–water partition coefficient (Wildman–Crippen LogP) is 5.22. The molecule has 0 saturated heterocycles. The third kappa shape index (κ3) is 4.50. The van der Waals surface area contributed by atoms with E-state index in [0.717, 1.165) is 40.6 Å². The zero-order chi connectivity index (χ0) is 24.4. The van der Waals surface area contributed by atoms with Crippen molar-refractivity contribution in [2.45, 2.75) is 50.8 Å². The smallest absolute Gasteiger partial charge is 0.319 e. The van der Waals surface area contributed by atoms with Gasteiger partial charge in [-0.25, -0.2) is 4.99 Å². The summed E-state index contributed by atoms with van der Waals surface area (Å²) in [6, 6.07) is 15.2. The van der Waals surface area contributed by atoms with Gasteiger partial charge in [0.2, 0.25) is 0 Å². The highest BCUT2D eigenvalue weighted by Crippen LogP contribution is 2.37. The molecule has 2 unspecified atom stereocenters. The first-order valence-electron chi connectivity index (χ1n) is 12.1. The molecule has 35 heavy (non-hydrogen) atoms. The largest absolute Gasteiger partial charge is 0.465 e. The van der Waals surface area contributed by atoms with Gasteiger partial charge in [0.05, 0.1) is 12.3 Å². The second-order valence-electron chi connectivity index (χ2n) is 8.64. The average molecular weight is 489 g/mol. The van der Waals surface area contributed by atoms with Gasteiger partial charge in [-0.2, -0.15) is 4.99 Å². The van der Waals surface area contributed by atoms with Crippen molar-refractivity contribution in [3.05, 3.63) is 65.9 Å². The molecule has 5 rings (SSSR count). The third-order valence-corrected chi connectivity index (χ3v) is 7.52. The Kier molecular flexibility index (Phi) is 6.72. The number of aliphatic imine (C=N–C) groups is 2. The quantitative estimate of drug-likeness (QED) is 0.439. The summed E-state index contributed by atoms with van der Waals surface area (Å²) in [5, 5.41) is 1.31. The predicted molar refractivity (Wildman–Crippen MR) is 140 cm³/mol. The Bertz CT molecular complexity index is 1330. The third-order valence-electron chi connectivity index (χ3n) is 6.31. The van der Waals surface area contributed by atoms with Crippen molar-refractivity contribution < 1.29 is 14.3 Å². The molecule has 0 spiro atoms. The molecule has 180 valence electrons. The van der Waals surface area contributed by atoms with Crippen molar-refractivity contribution in [3.63, 3.8) is 0 Å². The van der Waals surface area contributed by atoms with E-state index in [2.05, 4.69) is 23.0 Å². The number of carbonyl (C=O) groups is 2. The minimum Gasteiger partial charge on any atom is -0.465 e. The van der Waals surface area contributed by atoms with Crippen LogP contribution in [0.5, 0.6) is 0 Å². The minimum atomic E-state index is -0.530. The first-order valence-corrected chi connectivity index (χ1v) is 13.0. The van der Waals surface area contributed by atoms with Crippen LogP contribution in [0.3, 0.4) is 0 Å². The zero-order valence-corrected chi connectivity index (χ0v) is 20.7. The number of thioether (sulfide) groups is 1. The first kappa shape index (κ1) is 23.4. The Labute approximate surface area is 208 Å². The van der Waals surface area contributed by atoms with Crippen molar-refractivity contribution >= 4 is 51.2 Å². The maximum Gasteiger partial charge on any atom is 0.319 e. The molecule has 0 radical (unpaired) electrons. The Hall–Kier alpha value is -3.39. The van der Waals surface area contributed by atoms with Crippen LogP contribution < -0.4 is 0 Å². The molecule has 7 nitrogen and oxygen atoms in total. The van der Waals surface area contributed by atoms with Gasteiger partial charge in [0.15, 0.2) is 5.17 Å². The van der Waals surface area contributed by atoms with E-state index in [1.807, 2.05) is 60.5 Å². The number of unbranched alkanes of at least 4 members (excludes halogenated alkanes) is 1. The number of carbonyl (C=O) groups excluding carboxylic acids is 2. The molecule has 2 aliphatic rings. The summed E-state index contributed by atoms with van der Waals surface area (Å²) >= 11 is 1.38. The van der Waals surface area contributed by atoms with Crippen LogP contribution in [-0.4, -0.2) is 50.7 Å². The number of rotatable bonds is 8. The SMILES string of the molecule is CCCCC(SC1=Nc2ccccc2C2=NC(=O)C(Cc3c[nH]c4ccccc34)N12)C(=O)OCC. The van der Waals surface area contributed by atoms with Gasteiger partial charge in [0, 0.05) is 29.1 Å². The topological polar surface area (TPSA) is 87.1 Å². The summed E-state index contributed by atoms with van der Waals surface area (Å²) in [6.45, 7) is 4.24. The van der Waals surface area contributed by atoms with Crippen LogP contribution in [0.1, 0.15) is 44.2 Å². The second-order valence-corrected chi connectivity index (χ2v) is 9.81. The van der Waals surface area contributed by atoms with Gasteiger partial charge >= 0.3 is 5.97 Å². The van der Waals surface area contributed by atoms with E-state index in [1.54, 1.807) is 0 Å². The fraction of sp³-hybridized carbons (Fsp3) is 0.333. The molecule has 1 aromatic heterocycles. The number of nitrogens with one attached hydrogen (secondary N) is 1. The van der Waals surface area contributed by atoms with Crippen molar-refractivity contribution in [1.82, 2.24) is 9.88 Å². The molecule has 3 aromatic rings. The van der Waals surface area contributed by atoms with Crippen LogP contribution in [0.4, 0.5) is 5.69 Å². The highest BCUT2D eigenvalue weighted by Gasteiger charge is 2.43. The molecule has 1 N–H and O–H groups in total. The lowest BCUT2D eigenvalue weighted by Gasteiger charge is -2.32. The number of para-hydroxylation sites is 2. The molecular weight excluding hydrogens is 460 g/mol. The number of amidine groups is 2. The maximum atomic E-state index is 13.3. The van der Waals surface area contributed by atoms with Crippen LogP contribution in [0.15, 0.2) is 64.7 Å². The van der Waals surface area contributed by atoms with Gasteiger partial charge in [-0.05, 0) is 37.1 Å². The van der Waals surface area contributed by atoms with Crippen LogP contribution in [0.25, 0.3) is 10.9 Å².